The molecule has 1 fully saturated rings. The van der Waals surface area contributed by atoms with Crippen molar-refractivity contribution >= 4 is 29.9 Å². The number of ether oxygens (including phenoxy) is 2. The number of hydrogen-bond donors (Lipinski definition) is 1. The van der Waals surface area contributed by atoms with E-state index in [0.29, 0.717) is 6.10 Å². The summed E-state index contributed by atoms with van der Waals surface area (Å²) in [5.41, 5.74) is 2.52. The van der Waals surface area contributed by atoms with Gasteiger partial charge in [0, 0.05) is 65.9 Å². The molecule has 7 nitrogen and oxygen atoms in total. The molecule has 2 heterocycles. The fourth-order valence-corrected chi connectivity index (χ4v) is 3.63. The molecule has 8 heteroatoms. The Balaban J connectivity index is 0.00000320. The SMILES string of the molecule is CN=C(NCc1cccc(Cn2ccnc2)c1)N1CCC(OCCCOC)CC1.I. The number of imidazole rings is 1. The Morgan fingerprint density at radius 3 is 2.73 bits per heavy atom. The standard InChI is InChI=1S/C22H33N5O2.HI/c1-23-22(27-10-7-21(8-11-27)29-14-4-13-28-2)25-16-19-5-3-6-20(15-19)17-26-12-9-24-18-26;/h3,5-6,9,12,15,18,21H,4,7-8,10-11,13-14,16-17H2,1-2H3,(H,23,25);1H. The van der Waals surface area contributed by atoms with Gasteiger partial charge in [0.25, 0.3) is 0 Å². The Morgan fingerprint density at radius 2 is 2.03 bits per heavy atom. The average Bonchev–Trinajstić information content (AvgIpc) is 3.26. The highest BCUT2D eigenvalue weighted by Crippen LogP contribution is 2.14. The highest BCUT2D eigenvalue weighted by molar-refractivity contribution is 14.0. The van der Waals surface area contributed by atoms with Crippen LogP contribution in [-0.4, -0.2) is 67.0 Å². The lowest BCUT2D eigenvalue weighted by Crippen LogP contribution is -2.46. The summed E-state index contributed by atoms with van der Waals surface area (Å²) in [7, 11) is 3.58. The zero-order valence-electron chi connectivity index (χ0n) is 18.0. The maximum atomic E-state index is 5.96. The third-order valence-corrected chi connectivity index (χ3v) is 5.17. The van der Waals surface area contributed by atoms with Gasteiger partial charge in [-0.05, 0) is 30.4 Å². The molecule has 0 radical (unpaired) electrons. The van der Waals surface area contributed by atoms with Crippen LogP contribution in [0.2, 0.25) is 0 Å². The number of hydrogen-bond acceptors (Lipinski definition) is 4. The number of nitrogens with one attached hydrogen (secondary N) is 1. The van der Waals surface area contributed by atoms with Crippen LogP contribution in [0.3, 0.4) is 0 Å². The largest absolute Gasteiger partial charge is 0.385 e. The molecule has 0 unspecified atom stereocenters. The number of piperidine rings is 1. The highest BCUT2D eigenvalue weighted by atomic mass is 127. The number of halogens is 1. The smallest absolute Gasteiger partial charge is 0.193 e. The zero-order chi connectivity index (χ0) is 20.3. The van der Waals surface area contributed by atoms with E-state index in [4.69, 9.17) is 9.47 Å². The van der Waals surface area contributed by atoms with E-state index in [2.05, 4.69) is 49.0 Å². The predicted molar refractivity (Wildman–Crippen MR) is 130 cm³/mol. The molecule has 0 atom stereocenters. The van der Waals surface area contributed by atoms with Gasteiger partial charge in [-0.2, -0.15) is 0 Å². The number of benzene rings is 1. The molecule has 0 aliphatic carbocycles. The number of aromatic nitrogens is 2. The fraction of sp³-hybridized carbons (Fsp3) is 0.545. The van der Waals surface area contributed by atoms with Gasteiger partial charge < -0.3 is 24.3 Å². The molecule has 3 rings (SSSR count). The normalized spacial score (nSPS) is 15.1. The minimum Gasteiger partial charge on any atom is -0.385 e. The van der Waals surface area contributed by atoms with E-state index in [9.17, 15) is 0 Å². The summed E-state index contributed by atoms with van der Waals surface area (Å²) in [5, 5.41) is 3.52. The molecule has 0 amide bonds. The van der Waals surface area contributed by atoms with Crippen molar-refractivity contribution in [1.29, 1.82) is 0 Å². The summed E-state index contributed by atoms with van der Waals surface area (Å²) < 4.78 is 13.1. The van der Waals surface area contributed by atoms with E-state index in [-0.39, 0.29) is 24.0 Å². The van der Waals surface area contributed by atoms with Gasteiger partial charge >= 0.3 is 0 Å². The van der Waals surface area contributed by atoms with Crippen LogP contribution in [0.25, 0.3) is 0 Å². The molecule has 1 saturated heterocycles. The number of methoxy groups -OCH3 is 1. The average molecular weight is 527 g/mol. The van der Waals surface area contributed by atoms with Gasteiger partial charge in [-0.15, -0.1) is 24.0 Å². The Morgan fingerprint density at radius 1 is 1.23 bits per heavy atom. The molecular formula is C22H34IN5O2. The Kier molecular flexibility index (Phi) is 11.2. The van der Waals surface area contributed by atoms with Gasteiger partial charge in [0.15, 0.2) is 5.96 Å². The first kappa shape index (κ1) is 24.6. The van der Waals surface area contributed by atoms with E-state index in [0.717, 1.165) is 64.6 Å². The van der Waals surface area contributed by atoms with E-state index in [1.807, 2.05) is 25.8 Å². The molecule has 0 spiro atoms. The van der Waals surface area contributed by atoms with Crippen LogP contribution < -0.4 is 5.32 Å². The third kappa shape index (κ3) is 7.88. The van der Waals surface area contributed by atoms with Crippen molar-refractivity contribution in [2.75, 3.05) is 40.5 Å². The molecular weight excluding hydrogens is 493 g/mol. The first-order valence-corrected chi connectivity index (χ1v) is 10.4. The monoisotopic (exact) mass is 527 g/mol. The second kappa shape index (κ2) is 13.6. The lowest BCUT2D eigenvalue weighted by Gasteiger charge is -2.34. The summed E-state index contributed by atoms with van der Waals surface area (Å²) in [6.07, 6.45) is 9.02. The first-order chi connectivity index (χ1) is 14.3. The van der Waals surface area contributed by atoms with Gasteiger partial charge in [-0.1, -0.05) is 24.3 Å². The number of guanidine groups is 1. The van der Waals surface area contributed by atoms with Crippen molar-refractivity contribution in [1.82, 2.24) is 19.8 Å². The van der Waals surface area contributed by atoms with Crippen LogP contribution in [0.5, 0.6) is 0 Å². The van der Waals surface area contributed by atoms with Crippen molar-refractivity contribution in [3.8, 4) is 0 Å². The maximum absolute atomic E-state index is 5.96. The molecule has 1 aromatic carbocycles. The van der Waals surface area contributed by atoms with Crippen LogP contribution in [-0.2, 0) is 22.6 Å². The quantitative estimate of drug-likeness (QED) is 0.235. The summed E-state index contributed by atoms with van der Waals surface area (Å²) in [5.74, 6) is 0.961. The second-order valence-electron chi connectivity index (χ2n) is 7.36. The fourth-order valence-electron chi connectivity index (χ4n) is 3.63. The van der Waals surface area contributed by atoms with Crippen LogP contribution in [0, 0.1) is 0 Å². The minimum atomic E-state index is 0. The van der Waals surface area contributed by atoms with Crippen LogP contribution >= 0.6 is 24.0 Å². The Labute approximate surface area is 196 Å². The lowest BCUT2D eigenvalue weighted by atomic mass is 10.1. The molecule has 30 heavy (non-hydrogen) atoms. The van der Waals surface area contributed by atoms with Crippen molar-refractivity contribution in [2.45, 2.75) is 38.5 Å². The summed E-state index contributed by atoms with van der Waals surface area (Å²) >= 11 is 0. The summed E-state index contributed by atoms with van der Waals surface area (Å²) in [6.45, 7) is 5.07. The Hall–Kier alpha value is -1.65. The van der Waals surface area contributed by atoms with E-state index in [1.165, 1.54) is 11.1 Å². The third-order valence-electron chi connectivity index (χ3n) is 5.17. The lowest BCUT2D eigenvalue weighted by molar-refractivity contribution is 0.00989. The number of aliphatic imine (C=N–C) groups is 1. The highest BCUT2D eigenvalue weighted by Gasteiger charge is 2.21. The molecule has 1 N–H and O–H groups in total. The Bertz CT molecular complexity index is 746. The van der Waals surface area contributed by atoms with Gasteiger partial charge in [0.2, 0.25) is 0 Å². The van der Waals surface area contributed by atoms with Gasteiger partial charge in [-0.25, -0.2) is 4.98 Å². The first-order valence-electron chi connectivity index (χ1n) is 10.4. The van der Waals surface area contributed by atoms with Crippen molar-refractivity contribution in [2.24, 2.45) is 4.99 Å². The van der Waals surface area contributed by atoms with E-state index in [1.54, 1.807) is 7.11 Å². The second-order valence-corrected chi connectivity index (χ2v) is 7.36. The molecule has 0 bridgehead atoms. The molecule has 2 aromatic rings. The van der Waals surface area contributed by atoms with Crippen LogP contribution in [0.15, 0.2) is 48.0 Å². The molecule has 1 aliphatic rings. The number of likely N-dealkylation sites (tertiary alicyclic amines) is 1. The molecule has 0 saturated carbocycles. The molecule has 1 aliphatic heterocycles. The van der Waals surface area contributed by atoms with Crippen molar-refractivity contribution in [3.05, 3.63) is 54.1 Å². The summed E-state index contributed by atoms with van der Waals surface area (Å²) in [6, 6.07) is 8.65. The molecule has 166 valence electrons. The zero-order valence-corrected chi connectivity index (χ0v) is 20.3. The van der Waals surface area contributed by atoms with Crippen molar-refractivity contribution < 1.29 is 9.47 Å². The van der Waals surface area contributed by atoms with E-state index >= 15 is 0 Å². The van der Waals surface area contributed by atoms with Crippen LogP contribution in [0.1, 0.15) is 30.4 Å². The van der Waals surface area contributed by atoms with Gasteiger partial charge in [-0.3, -0.25) is 4.99 Å². The number of rotatable bonds is 9. The van der Waals surface area contributed by atoms with Gasteiger partial charge in [0.1, 0.15) is 0 Å². The molecule has 1 aromatic heterocycles. The maximum Gasteiger partial charge on any atom is 0.193 e. The predicted octanol–water partition coefficient (Wildman–Crippen LogP) is 3.14. The van der Waals surface area contributed by atoms with Crippen LogP contribution in [0.4, 0.5) is 0 Å². The van der Waals surface area contributed by atoms with E-state index < -0.39 is 0 Å². The minimum absolute atomic E-state index is 0. The number of nitrogens with zero attached hydrogens (tertiary/aromatic N) is 4. The topological polar surface area (TPSA) is 63.9 Å². The van der Waals surface area contributed by atoms with Crippen molar-refractivity contribution in [3.63, 3.8) is 0 Å². The van der Waals surface area contributed by atoms with Gasteiger partial charge in [0.05, 0.1) is 12.4 Å². The summed E-state index contributed by atoms with van der Waals surface area (Å²) in [4.78, 5) is 10.9.